The van der Waals surface area contributed by atoms with Crippen molar-refractivity contribution in [3.63, 3.8) is 0 Å². The number of carbonyl (C=O) groups is 1. The SMILES string of the molecule is CN1C2CCC1CN(C(=O)c1cc(Cl)nc(Cl)c1)CC2. The largest absolute Gasteiger partial charge is 0.337 e. The van der Waals surface area contributed by atoms with Crippen molar-refractivity contribution in [3.8, 4) is 0 Å². The summed E-state index contributed by atoms with van der Waals surface area (Å²) in [5.74, 6) is -0.00264. The first-order chi connectivity index (χ1) is 9.54. The van der Waals surface area contributed by atoms with Gasteiger partial charge in [-0.3, -0.25) is 9.69 Å². The predicted molar refractivity (Wildman–Crippen MR) is 79.4 cm³/mol. The van der Waals surface area contributed by atoms with Gasteiger partial charge in [-0.1, -0.05) is 23.2 Å². The second-order valence-corrected chi connectivity index (χ2v) is 6.37. The molecule has 0 spiro atoms. The number of rotatable bonds is 1. The molecule has 4 nitrogen and oxygen atoms in total. The molecule has 2 aliphatic rings. The van der Waals surface area contributed by atoms with Crippen molar-refractivity contribution in [1.82, 2.24) is 14.8 Å². The smallest absolute Gasteiger partial charge is 0.254 e. The van der Waals surface area contributed by atoms with Crippen LogP contribution in [0.2, 0.25) is 10.3 Å². The summed E-state index contributed by atoms with van der Waals surface area (Å²) in [4.78, 5) is 20.8. The van der Waals surface area contributed by atoms with Gasteiger partial charge in [-0.15, -0.1) is 0 Å². The summed E-state index contributed by atoms with van der Waals surface area (Å²) in [6.07, 6.45) is 3.45. The molecule has 1 aromatic heterocycles. The molecule has 2 atom stereocenters. The molecule has 1 aromatic rings. The maximum absolute atomic E-state index is 12.6. The fourth-order valence-corrected chi connectivity index (χ4v) is 3.72. The van der Waals surface area contributed by atoms with E-state index in [4.69, 9.17) is 23.2 Å². The van der Waals surface area contributed by atoms with Gasteiger partial charge in [0.15, 0.2) is 0 Å². The maximum Gasteiger partial charge on any atom is 0.254 e. The molecule has 2 saturated heterocycles. The maximum atomic E-state index is 12.6. The molecular formula is C14H17Cl2N3O. The highest BCUT2D eigenvalue weighted by Crippen LogP contribution is 2.29. The lowest BCUT2D eigenvalue weighted by atomic mass is 10.1. The van der Waals surface area contributed by atoms with Gasteiger partial charge >= 0.3 is 0 Å². The van der Waals surface area contributed by atoms with Crippen LogP contribution in [0.1, 0.15) is 29.6 Å². The Balaban J connectivity index is 1.80. The van der Waals surface area contributed by atoms with Gasteiger partial charge in [0.1, 0.15) is 10.3 Å². The van der Waals surface area contributed by atoms with Crippen LogP contribution < -0.4 is 0 Å². The van der Waals surface area contributed by atoms with Crippen LogP contribution in [-0.4, -0.2) is 52.9 Å². The molecule has 0 radical (unpaired) electrons. The number of amides is 1. The number of hydrogen-bond donors (Lipinski definition) is 0. The predicted octanol–water partition coefficient (Wildman–Crippen LogP) is 2.70. The standard InChI is InChI=1S/C14H17Cl2N3O/c1-18-10-2-3-11(18)8-19(5-4-10)14(20)9-6-12(15)17-13(16)7-9/h6-7,10-11H,2-5,8H2,1H3. The quantitative estimate of drug-likeness (QED) is 0.748. The first-order valence-corrected chi connectivity index (χ1v) is 7.64. The lowest BCUT2D eigenvalue weighted by Gasteiger charge is -2.26. The van der Waals surface area contributed by atoms with E-state index in [9.17, 15) is 4.79 Å². The van der Waals surface area contributed by atoms with Crippen molar-refractivity contribution in [2.24, 2.45) is 0 Å². The van der Waals surface area contributed by atoms with E-state index in [0.717, 1.165) is 19.5 Å². The van der Waals surface area contributed by atoms with Crippen LogP contribution in [0.25, 0.3) is 0 Å². The highest BCUT2D eigenvalue weighted by molar-refractivity contribution is 6.33. The minimum Gasteiger partial charge on any atom is -0.337 e. The summed E-state index contributed by atoms with van der Waals surface area (Å²) in [5, 5.41) is 0.517. The summed E-state index contributed by atoms with van der Waals surface area (Å²) in [5.41, 5.74) is 0.524. The minimum atomic E-state index is -0.00264. The van der Waals surface area contributed by atoms with Gasteiger partial charge in [0.25, 0.3) is 5.91 Å². The van der Waals surface area contributed by atoms with Gasteiger partial charge in [0.05, 0.1) is 0 Å². The second-order valence-electron chi connectivity index (χ2n) is 5.59. The Morgan fingerprint density at radius 3 is 2.55 bits per heavy atom. The molecule has 0 aromatic carbocycles. The number of halogens is 2. The molecule has 2 unspecified atom stereocenters. The fraction of sp³-hybridized carbons (Fsp3) is 0.571. The molecule has 2 fully saturated rings. The topological polar surface area (TPSA) is 36.4 Å². The Kier molecular flexibility index (Phi) is 3.89. The molecule has 0 aliphatic carbocycles. The number of likely N-dealkylation sites (tertiary alicyclic amines) is 1. The number of fused-ring (bicyclic) bond motifs is 2. The molecule has 0 saturated carbocycles. The van der Waals surface area contributed by atoms with E-state index in [2.05, 4.69) is 16.9 Å². The summed E-state index contributed by atoms with van der Waals surface area (Å²) in [6.45, 7) is 1.57. The highest BCUT2D eigenvalue weighted by atomic mass is 35.5. The monoisotopic (exact) mass is 313 g/mol. The average molecular weight is 314 g/mol. The summed E-state index contributed by atoms with van der Waals surface area (Å²) in [6, 6.07) is 4.26. The third kappa shape index (κ3) is 2.65. The molecule has 0 N–H and O–H groups in total. The van der Waals surface area contributed by atoms with Gasteiger partial charge in [-0.2, -0.15) is 0 Å². The van der Waals surface area contributed by atoms with Crippen LogP contribution in [0.3, 0.4) is 0 Å². The normalized spacial score (nSPS) is 26.6. The van der Waals surface area contributed by atoms with Crippen molar-refractivity contribution < 1.29 is 4.79 Å². The Morgan fingerprint density at radius 1 is 1.20 bits per heavy atom. The van der Waals surface area contributed by atoms with Crippen molar-refractivity contribution in [3.05, 3.63) is 28.0 Å². The lowest BCUT2D eigenvalue weighted by molar-refractivity contribution is 0.0740. The minimum absolute atomic E-state index is 0.00264. The molecule has 20 heavy (non-hydrogen) atoms. The van der Waals surface area contributed by atoms with E-state index in [1.54, 1.807) is 12.1 Å². The van der Waals surface area contributed by atoms with Crippen LogP contribution >= 0.6 is 23.2 Å². The number of pyridine rings is 1. The molecule has 3 rings (SSSR count). The van der Waals surface area contributed by atoms with E-state index >= 15 is 0 Å². The van der Waals surface area contributed by atoms with Crippen molar-refractivity contribution in [1.29, 1.82) is 0 Å². The molecule has 2 aliphatic heterocycles. The Bertz CT molecular complexity index is 517. The lowest BCUT2D eigenvalue weighted by Crippen LogP contribution is -2.39. The van der Waals surface area contributed by atoms with Crippen molar-refractivity contribution in [2.45, 2.75) is 31.3 Å². The molecule has 1 amide bonds. The van der Waals surface area contributed by atoms with Crippen molar-refractivity contribution >= 4 is 29.1 Å². The molecule has 3 heterocycles. The van der Waals surface area contributed by atoms with E-state index in [1.165, 1.54) is 12.8 Å². The van der Waals surface area contributed by atoms with Crippen LogP contribution in [0.4, 0.5) is 0 Å². The fourth-order valence-electron chi connectivity index (χ4n) is 3.26. The van der Waals surface area contributed by atoms with Crippen LogP contribution in [0.15, 0.2) is 12.1 Å². The van der Waals surface area contributed by atoms with E-state index < -0.39 is 0 Å². The third-order valence-corrected chi connectivity index (χ3v) is 4.83. The van der Waals surface area contributed by atoms with E-state index in [1.807, 2.05) is 4.90 Å². The highest BCUT2D eigenvalue weighted by Gasteiger charge is 2.36. The zero-order valence-corrected chi connectivity index (χ0v) is 12.9. The number of aromatic nitrogens is 1. The summed E-state index contributed by atoms with van der Waals surface area (Å²) >= 11 is 11.8. The van der Waals surface area contributed by atoms with E-state index in [0.29, 0.717) is 17.6 Å². The molecule has 6 heteroatoms. The van der Waals surface area contributed by atoms with Gasteiger partial charge < -0.3 is 4.90 Å². The summed E-state index contributed by atoms with van der Waals surface area (Å²) in [7, 11) is 2.16. The number of likely N-dealkylation sites (N-methyl/N-ethyl adjacent to an activating group) is 1. The van der Waals surface area contributed by atoms with Crippen molar-refractivity contribution in [2.75, 3.05) is 20.1 Å². The number of nitrogens with zero attached hydrogens (tertiary/aromatic N) is 3. The average Bonchev–Trinajstić information content (AvgIpc) is 2.61. The van der Waals surface area contributed by atoms with Gasteiger partial charge in [-0.05, 0) is 38.4 Å². The molecule has 108 valence electrons. The Hall–Kier alpha value is -0.840. The first kappa shape index (κ1) is 14.1. The molecular weight excluding hydrogens is 297 g/mol. The van der Waals surface area contributed by atoms with Gasteiger partial charge in [0.2, 0.25) is 0 Å². The first-order valence-electron chi connectivity index (χ1n) is 6.89. The number of hydrogen-bond acceptors (Lipinski definition) is 3. The van der Waals surface area contributed by atoms with E-state index in [-0.39, 0.29) is 16.2 Å². The third-order valence-electron chi connectivity index (χ3n) is 4.45. The van der Waals surface area contributed by atoms with Crippen LogP contribution in [-0.2, 0) is 0 Å². The summed E-state index contributed by atoms with van der Waals surface area (Å²) < 4.78 is 0. The van der Waals surface area contributed by atoms with Gasteiger partial charge in [-0.25, -0.2) is 4.98 Å². The zero-order valence-electron chi connectivity index (χ0n) is 11.4. The Morgan fingerprint density at radius 2 is 1.85 bits per heavy atom. The van der Waals surface area contributed by atoms with Gasteiger partial charge in [0, 0.05) is 30.7 Å². The number of carbonyl (C=O) groups excluding carboxylic acids is 1. The molecule has 2 bridgehead atoms. The van der Waals surface area contributed by atoms with Crippen LogP contribution in [0.5, 0.6) is 0 Å². The van der Waals surface area contributed by atoms with Crippen LogP contribution in [0, 0.1) is 0 Å². The zero-order chi connectivity index (χ0) is 14.3. The Labute approximate surface area is 128 Å². The second kappa shape index (κ2) is 5.51.